The molecule has 0 aromatic rings. The van der Waals surface area contributed by atoms with E-state index in [4.69, 9.17) is 5.11 Å². The molecule has 0 bridgehead atoms. The third-order valence-corrected chi connectivity index (χ3v) is 3.19. The molecule has 1 amide bonds. The van der Waals surface area contributed by atoms with Crippen LogP contribution in [0.1, 0.15) is 33.1 Å². The Kier molecular flexibility index (Phi) is 4.83. The third kappa shape index (κ3) is 4.86. The van der Waals surface area contributed by atoms with Crippen molar-refractivity contribution in [1.29, 1.82) is 0 Å². The molecule has 0 fully saturated rings. The summed E-state index contributed by atoms with van der Waals surface area (Å²) in [5, 5.41) is 8.74. The van der Waals surface area contributed by atoms with Gasteiger partial charge in [0.05, 0.1) is 6.42 Å². The molecule has 0 atom stereocenters. The highest BCUT2D eigenvalue weighted by Crippen LogP contribution is 2.31. The number of halogens is 3. The molecule has 0 aromatic heterocycles. The van der Waals surface area contributed by atoms with Gasteiger partial charge in [0, 0.05) is 25.1 Å². The minimum absolute atomic E-state index is 0.00842. The van der Waals surface area contributed by atoms with E-state index in [1.54, 1.807) is 13.8 Å². The molecule has 20 heavy (non-hydrogen) atoms. The van der Waals surface area contributed by atoms with Gasteiger partial charge in [0.2, 0.25) is 5.91 Å². The van der Waals surface area contributed by atoms with Crippen molar-refractivity contribution in [3.63, 3.8) is 0 Å². The Morgan fingerprint density at radius 3 is 2.30 bits per heavy atom. The number of carboxylic acids is 1. The number of carboxylic acid groups (broad SMARTS) is 1. The minimum Gasteiger partial charge on any atom is -0.481 e. The summed E-state index contributed by atoms with van der Waals surface area (Å²) < 4.78 is 37.3. The SMILES string of the molecule is CC(C)(CC(=O)O)CC(=O)N1CC=C(C(F)(F)F)CC1. The second-order valence-corrected chi connectivity index (χ2v) is 5.73. The van der Waals surface area contributed by atoms with Crippen molar-refractivity contribution in [2.45, 2.75) is 39.3 Å². The zero-order chi connectivity index (χ0) is 15.6. The molecule has 0 aliphatic carbocycles. The van der Waals surface area contributed by atoms with E-state index in [2.05, 4.69) is 0 Å². The Morgan fingerprint density at radius 2 is 1.90 bits per heavy atom. The van der Waals surface area contributed by atoms with Crippen molar-refractivity contribution >= 4 is 11.9 Å². The van der Waals surface area contributed by atoms with E-state index in [1.807, 2.05) is 0 Å². The molecule has 4 nitrogen and oxygen atoms in total. The lowest BCUT2D eigenvalue weighted by molar-refractivity contribution is -0.141. The molecule has 1 aliphatic rings. The predicted molar refractivity (Wildman–Crippen MR) is 66.0 cm³/mol. The number of carbonyl (C=O) groups is 2. The van der Waals surface area contributed by atoms with E-state index in [9.17, 15) is 22.8 Å². The first-order valence-corrected chi connectivity index (χ1v) is 6.27. The third-order valence-electron chi connectivity index (χ3n) is 3.19. The van der Waals surface area contributed by atoms with Crippen LogP contribution in [0.15, 0.2) is 11.6 Å². The van der Waals surface area contributed by atoms with Gasteiger partial charge in [0.15, 0.2) is 0 Å². The van der Waals surface area contributed by atoms with Gasteiger partial charge >= 0.3 is 12.1 Å². The van der Waals surface area contributed by atoms with E-state index < -0.39 is 23.1 Å². The molecule has 0 radical (unpaired) electrons. The van der Waals surface area contributed by atoms with E-state index in [-0.39, 0.29) is 38.3 Å². The van der Waals surface area contributed by atoms with Crippen LogP contribution >= 0.6 is 0 Å². The Morgan fingerprint density at radius 1 is 1.30 bits per heavy atom. The van der Waals surface area contributed by atoms with Crippen molar-refractivity contribution in [3.8, 4) is 0 Å². The molecule has 0 spiro atoms. The van der Waals surface area contributed by atoms with Gasteiger partial charge in [0.25, 0.3) is 0 Å². The maximum Gasteiger partial charge on any atom is 0.412 e. The van der Waals surface area contributed by atoms with E-state index in [0.29, 0.717) is 0 Å². The fourth-order valence-corrected chi connectivity index (χ4v) is 2.15. The van der Waals surface area contributed by atoms with Crippen LogP contribution in [0.4, 0.5) is 13.2 Å². The molecule has 0 aromatic carbocycles. The van der Waals surface area contributed by atoms with Crippen LogP contribution in [-0.2, 0) is 9.59 Å². The van der Waals surface area contributed by atoms with Crippen molar-refractivity contribution in [3.05, 3.63) is 11.6 Å². The maximum absolute atomic E-state index is 12.4. The quantitative estimate of drug-likeness (QED) is 0.811. The lowest BCUT2D eigenvalue weighted by Gasteiger charge is -2.30. The van der Waals surface area contributed by atoms with Crippen LogP contribution in [0.3, 0.4) is 0 Å². The Bertz CT molecular complexity index is 427. The van der Waals surface area contributed by atoms with Gasteiger partial charge in [-0.3, -0.25) is 9.59 Å². The predicted octanol–water partition coefficient (Wildman–Crippen LogP) is 2.60. The van der Waals surface area contributed by atoms with E-state index in [0.717, 1.165) is 6.08 Å². The Hall–Kier alpha value is -1.53. The summed E-state index contributed by atoms with van der Waals surface area (Å²) >= 11 is 0. The van der Waals surface area contributed by atoms with Crippen LogP contribution in [-0.4, -0.2) is 41.1 Å². The first-order chi connectivity index (χ1) is 9.01. The Balaban J connectivity index is 2.59. The monoisotopic (exact) mass is 293 g/mol. The van der Waals surface area contributed by atoms with Gasteiger partial charge in [-0.25, -0.2) is 0 Å². The second-order valence-electron chi connectivity index (χ2n) is 5.73. The van der Waals surface area contributed by atoms with Crippen molar-refractivity contribution in [1.82, 2.24) is 4.90 Å². The number of aliphatic carboxylic acids is 1. The summed E-state index contributed by atoms with van der Waals surface area (Å²) in [5.74, 6) is -1.31. The number of hydrogen-bond acceptors (Lipinski definition) is 2. The minimum atomic E-state index is -4.34. The summed E-state index contributed by atoms with van der Waals surface area (Å²) in [5.41, 5.74) is -1.32. The van der Waals surface area contributed by atoms with E-state index >= 15 is 0 Å². The number of rotatable bonds is 4. The Labute approximate surface area is 115 Å². The zero-order valence-corrected chi connectivity index (χ0v) is 11.5. The standard InChI is InChI=1S/C13H18F3NO3/c1-12(2,8-11(19)20)7-10(18)17-5-3-9(4-6-17)13(14,15)16/h3H,4-8H2,1-2H3,(H,19,20). The molecule has 0 unspecified atom stereocenters. The van der Waals surface area contributed by atoms with Crippen LogP contribution in [0.5, 0.6) is 0 Å². The molecule has 1 rings (SSSR count). The smallest absolute Gasteiger partial charge is 0.412 e. The summed E-state index contributed by atoms with van der Waals surface area (Å²) in [6, 6.07) is 0. The summed E-state index contributed by atoms with van der Waals surface area (Å²) in [7, 11) is 0. The second kappa shape index (κ2) is 5.85. The van der Waals surface area contributed by atoms with Gasteiger partial charge in [-0.15, -0.1) is 0 Å². The molecule has 7 heteroatoms. The number of amides is 1. The van der Waals surface area contributed by atoms with Gasteiger partial charge in [-0.2, -0.15) is 13.2 Å². The topological polar surface area (TPSA) is 57.6 Å². The van der Waals surface area contributed by atoms with Gasteiger partial charge in [-0.1, -0.05) is 19.9 Å². The number of hydrogen-bond donors (Lipinski definition) is 1. The molecule has 1 heterocycles. The van der Waals surface area contributed by atoms with Crippen molar-refractivity contribution < 1.29 is 27.9 Å². The largest absolute Gasteiger partial charge is 0.481 e. The van der Waals surface area contributed by atoms with Crippen molar-refractivity contribution in [2.24, 2.45) is 5.41 Å². The molecule has 1 N–H and O–H groups in total. The fourth-order valence-electron chi connectivity index (χ4n) is 2.15. The molecule has 0 saturated heterocycles. The molecule has 114 valence electrons. The van der Waals surface area contributed by atoms with Crippen LogP contribution in [0, 0.1) is 5.41 Å². The first-order valence-electron chi connectivity index (χ1n) is 6.27. The average Bonchev–Trinajstić information content (AvgIpc) is 2.25. The summed E-state index contributed by atoms with van der Waals surface area (Å²) in [4.78, 5) is 24.0. The lowest BCUT2D eigenvalue weighted by atomic mass is 9.85. The molecule has 1 aliphatic heterocycles. The first kappa shape index (κ1) is 16.5. The highest BCUT2D eigenvalue weighted by Gasteiger charge is 2.36. The normalized spacial score (nSPS) is 16.9. The maximum atomic E-state index is 12.4. The van der Waals surface area contributed by atoms with Gasteiger partial charge < -0.3 is 10.0 Å². The number of nitrogens with zero attached hydrogens (tertiary/aromatic N) is 1. The van der Waals surface area contributed by atoms with Gasteiger partial charge in [-0.05, 0) is 11.8 Å². The fraction of sp³-hybridized carbons (Fsp3) is 0.692. The molecular formula is C13H18F3NO3. The summed E-state index contributed by atoms with van der Waals surface area (Å²) in [6.07, 6.45) is -3.68. The van der Waals surface area contributed by atoms with Crippen LogP contribution in [0.2, 0.25) is 0 Å². The highest BCUT2D eigenvalue weighted by atomic mass is 19.4. The zero-order valence-electron chi connectivity index (χ0n) is 11.5. The average molecular weight is 293 g/mol. The highest BCUT2D eigenvalue weighted by molar-refractivity contribution is 5.78. The summed E-state index contributed by atoms with van der Waals surface area (Å²) in [6.45, 7) is 3.25. The number of carbonyl (C=O) groups excluding carboxylic acids is 1. The molecule has 0 saturated carbocycles. The number of alkyl halides is 3. The van der Waals surface area contributed by atoms with Crippen LogP contribution < -0.4 is 0 Å². The molecular weight excluding hydrogens is 275 g/mol. The van der Waals surface area contributed by atoms with Crippen molar-refractivity contribution in [2.75, 3.05) is 13.1 Å². The van der Waals surface area contributed by atoms with Crippen LogP contribution in [0.25, 0.3) is 0 Å². The van der Waals surface area contributed by atoms with Gasteiger partial charge in [0.1, 0.15) is 0 Å². The van der Waals surface area contributed by atoms with E-state index in [1.165, 1.54) is 4.90 Å². The lowest BCUT2D eigenvalue weighted by Crippen LogP contribution is -2.39.